The number of hydrogen-bond donors (Lipinski definition) is 1. The van der Waals surface area contributed by atoms with Crippen LogP contribution in [0.2, 0.25) is 0 Å². The van der Waals surface area contributed by atoms with Crippen LogP contribution >= 0.6 is 0 Å². The summed E-state index contributed by atoms with van der Waals surface area (Å²) in [5.41, 5.74) is 2.46. The van der Waals surface area contributed by atoms with Gasteiger partial charge in [-0.1, -0.05) is 31.2 Å². The molecular weight excluding hydrogens is 148 g/mol. The summed E-state index contributed by atoms with van der Waals surface area (Å²) in [6.45, 7) is 2.15. The van der Waals surface area contributed by atoms with Crippen molar-refractivity contribution < 1.29 is 5.11 Å². The molecule has 2 aliphatic rings. The minimum Gasteiger partial charge on any atom is -0.388 e. The maximum atomic E-state index is 9.59. The second-order valence-corrected chi connectivity index (χ2v) is 3.61. The predicted octanol–water partition coefficient (Wildman–Crippen LogP) is 2.20. The van der Waals surface area contributed by atoms with E-state index in [1.807, 2.05) is 0 Å². The molecule has 1 heteroatoms. The molecule has 0 aliphatic heterocycles. The largest absolute Gasteiger partial charge is 0.388 e. The minimum absolute atomic E-state index is 0.216. The molecule has 0 radical (unpaired) electrons. The lowest BCUT2D eigenvalue weighted by Crippen LogP contribution is -2.02. The van der Waals surface area contributed by atoms with Crippen molar-refractivity contribution in [2.45, 2.75) is 25.9 Å². The molecule has 0 aromatic rings. The van der Waals surface area contributed by atoms with Crippen LogP contribution in [-0.2, 0) is 0 Å². The molecule has 64 valence electrons. The molecule has 1 unspecified atom stereocenters. The summed E-state index contributed by atoms with van der Waals surface area (Å²) in [5.74, 6) is 0.503. The Labute approximate surface area is 73.1 Å². The molecule has 1 nitrogen and oxygen atoms in total. The van der Waals surface area contributed by atoms with E-state index >= 15 is 0 Å². The molecule has 2 aliphatic carbocycles. The van der Waals surface area contributed by atoms with Crippen LogP contribution in [0, 0.1) is 5.92 Å². The standard InChI is InChI=1S/C11H14O/c1-8-2-4-9-5-7-11(12)10(9)6-3-8/h2-4,6,8,11-12H,5,7H2,1H3/t8?,11-/m0/s1. The minimum atomic E-state index is -0.216. The monoisotopic (exact) mass is 162 g/mol. The zero-order chi connectivity index (χ0) is 8.55. The molecule has 12 heavy (non-hydrogen) atoms. The second-order valence-electron chi connectivity index (χ2n) is 3.61. The summed E-state index contributed by atoms with van der Waals surface area (Å²) in [6.07, 6.45) is 10.3. The van der Waals surface area contributed by atoms with Gasteiger partial charge in [-0.05, 0) is 29.9 Å². The first-order chi connectivity index (χ1) is 5.77. The highest BCUT2D eigenvalue weighted by molar-refractivity contribution is 5.42. The topological polar surface area (TPSA) is 20.2 Å². The van der Waals surface area contributed by atoms with Crippen LogP contribution in [0.15, 0.2) is 35.5 Å². The van der Waals surface area contributed by atoms with Crippen LogP contribution in [0.3, 0.4) is 0 Å². The van der Waals surface area contributed by atoms with Crippen molar-refractivity contribution in [3.63, 3.8) is 0 Å². The smallest absolute Gasteiger partial charge is 0.0795 e. The molecule has 0 saturated carbocycles. The lowest BCUT2D eigenvalue weighted by molar-refractivity contribution is 0.215. The second kappa shape index (κ2) is 2.91. The van der Waals surface area contributed by atoms with Crippen LogP contribution in [-0.4, -0.2) is 11.2 Å². The Morgan fingerprint density at radius 1 is 1.33 bits per heavy atom. The van der Waals surface area contributed by atoms with Gasteiger partial charge in [0.15, 0.2) is 0 Å². The maximum absolute atomic E-state index is 9.59. The molecule has 0 spiro atoms. The summed E-state index contributed by atoms with van der Waals surface area (Å²) < 4.78 is 0. The average Bonchev–Trinajstić information content (AvgIpc) is 2.28. The first-order valence-electron chi connectivity index (χ1n) is 4.55. The lowest BCUT2D eigenvalue weighted by atomic mass is 10.1. The predicted molar refractivity (Wildman–Crippen MR) is 49.7 cm³/mol. The Morgan fingerprint density at radius 2 is 2.08 bits per heavy atom. The molecule has 1 N–H and O–H groups in total. The number of allylic oxidation sites excluding steroid dienone is 4. The van der Waals surface area contributed by atoms with Gasteiger partial charge >= 0.3 is 0 Å². The van der Waals surface area contributed by atoms with Crippen LogP contribution in [0.25, 0.3) is 0 Å². The van der Waals surface area contributed by atoms with Crippen molar-refractivity contribution >= 4 is 0 Å². The third-order valence-corrected chi connectivity index (χ3v) is 2.60. The molecule has 0 fully saturated rings. The van der Waals surface area contributed by atoms with Crippen LogP contribution in [0.1, 0.15) is 19.8 Å². The maximum Gasteiger partial charge on any atom is 0.0795 e. The fraction of sp³-hybridized carbons (Fsp3) is 0.455. The zero-order valence-corrected chi connectivity index (χ0v) is 7.33. The summed E-state index contributed by atoms with van der Waals surface area (Å²) in [6, 6.07) is 0. The Morgan fingerprint density at radius 3 is 2.92 bits per heavy atom. The highest BCUT2D eigenvalue weighted by Crippen LogP contribution is 2.30. The molecule has 0 aromatic heterocycles. The van der Waals surface area contributed by atoms with E-state index in [1.165, 1.54) is 5.57 Å². The number of rotatable bonds is 0. The number of hydrogen-bond acceptors (Lipinski definition) is 1. The van der Waals surface area contributed by atoms with Crippen molar-refractivity contribution in [3.05, 3.63) is 35.5 Å². The Bertz CT molecular complexity index is 271. The van der Waals surface area contributed by atoms with Gasteiger partial charge in [0.1, 0.15) is 0 Å². The van der Waals surface area contributed by atoms with Crippen molar-refractivity contribution in [1.29, 1.82) is 0 Å². The van der Waals surface area contributed by atoms with E-state index in [0.717, 1.165) is 18.4 Å². The van der Waals surface area contributed by atoms with Crippen LogP contribution < -0.4 is 0 Å². The van der Waals surface area contributed by atoms with Crippen molar-refractivity contribution in [2.24, 2.45) is 5.92 Å². The van der Waals surface area contributed by atoms with E-state index in [0.29, 0.717) is 5.92 Å². The summed E-state index contributed by atoms with van der Waals surface area (Å²) >= 11 is 0. The third-order valence-electron chi connectivity index (χ3n) is 2.60. The van der Waals surface area contributed by atoms with Gasteiger partial charge in [0, 0.05) is 0 Å². The highest BCUT2D eigenvalue weighted by Gasteiger charge is 2.20. The van der Waals surface area contributed by atoms with Crippen LogP contribution in [0.5, 0.6) is 0 Å². The van der Waals surface area contributed by atoms with Gasteiger partial charge in [-0.2, -0.15) is 0 Å². The Balaban J connectivity index is 2.33. The zero-order valence-electron chi connectivity index (χ0n) is 7.33. The van der Waals surface area contributed by atoms with Gasteiger partial charge < -0.3 is 5.11 Å². The van der Waals surface area contributed by atoms with Crippen LogP contribution in [0.4, 0.5) is 0 Å². The summed E-state index contributed by atoms with van der Waals surface area (Å²) in [7, 11) is 0. The Kier molecular flexibility index (Phi) is 1.89. The average molecular weight is 162 g/mol. The third kappa shape index (κ3) is 1.25. The lowest BCUT2D eigenvalue weighted by Gasteiger charge is -2.02. The van der Waals surface area contributed by atoms with Gasteiger partial charge in [0.25, 0.3) is 0 Å². The van der Waals surface area contributed by atoms with Crippen molar-refractivity contribution in [1.82, 2.24) is 0 Å². The molecule has 0 aromatic carbocycles. The molecular formula is C11H14O. The van der Waals surface area contributed by atoms with Gasteiger partial charge in [-0.15, -0.1) is 0 Å². The quantitative estimate of drug-likeness (QED) is 0.579. The number of aliphatic hydroxyl groups excluding tert-OH is 1. The normalized spacial score (nSPS) is 33.8. The SMILES string of the molecule is CC1C=CC2=C(C=C1)[C@@H](O)CC2. The molecule has 2 atom stereocenters. The van der Waals surface area contributed by atoms with E-state index in [4.69, 9.17) is 0 Å². The Hall–Kier alpha value is -0.820. The fourth-order valence-corrected chi connectivity index (χ4v) is 1.79. The number of aliphatic hydroxyl groups is 1. The molecule has 0 saturated heterocycles. The van der Waals surface area contributed by atoms with E-state index in [-0.39, 0.29) is 6.10 Å². The summed E-state index contributed by atoms with van der Waals surface area (Å²) in [4.78, 5) is 0. The van der Waals surface area contributed by atoms with Gasteiger partial charge in [-0.25, -0.2) is 0 Å². The molecule has 2 rings (SSSR count). The van der Waals surface area contributed by atoms with Gasteiger partial charge in [-0.3, -0.25) is 0 Å². The first-order valence-corrected chi connectivity index (χ1v) is 4.55. The van der Waals surface area contributed by atoms with Crippen molar-refractivity contribution in [2.75, 3.05) is 0 Å². The fourth-order valence-electron chi connectivity index (χ4n) is 1.79. The van der Waals surface area contributed by atoms with E-state index < -0.39 is 0 Å². The van der Waals surface area contributed by atoms with Gasteiger partial charge in [0.05, 0.1) is 6.10 Å². The van der Waals surface area contributed by atoms with E-state index in [2.05, 4.69) is 31.2 Å². The molecule has 0 heterocycles. The van der Waals surface area contributed by atoms with E-state index in [1.54, 1.807) is 0 Å². The van der Waals surface area contributed by atoms with E-state index in [9.17, 15) is 5.11 Å². The first kappa shape index (κ1) is 7.81. The van der Waals surface area contributed by atoms with Crippen molar-refractivity contribution in [3.8, 4) is 0 Å². The molecule has 0 bridgehead atoms. The highest BCUT2D eigenvalue weighted by atomic mass is 16.3. The summed E-state index contributed by atoms with van der Waals surface area (Å²) in [5, 5.41) is 9.59. The molecule has 0 amide bonds. The van der Waals surface area contributed by atoms with Gasteiger partial charge in [0.2, 0.25) is 0 Å².